The molecular formula is C20H19N3O3. The molecule has 0 aliphatic carbocycles. The third kappa shape index (κ3) is 4.39. The maximum absolute atomic E-state index is 12.5. The van der Waals surface area contributed by atoms with Gasteiger partial charge in [-0.25, -0.2) is 0 Å². The van der Waals surface area contributed by atoms with Crippen molar-refractivity contribution in [1.82, 2.24) is 10.6 Å². The first-order valence-electron chi connectivity index (χ1n) is 8.52. The molecule has 1 saturated heterocycles. The third-order valence-corrected chi connectivity index (χ3v) is 4.16. The van der Waals surface area contributed by atoms with Crippen molar-refractivity contribution in [1.29, 1.82) is 5.26 Å². The molecule has 132 valence electrons. The lowest BCUT2D eigenvalue weighted by atomic mass is 10.1. The Morgan fingerprint density at radius 1 is 1.15 bits per heavy atom. The van der Waals surface area contributed by atoms with Crippen molar-refractivity contribution in [3.05, 3.63) is 59.7 Å². The van der Waals surface area contributed by atoms with Crippen LogP contribution in [0.1, 0.15) is 35.2 Å². The summed E-state index contributed by atoms with van der Waals surface area (Å²) in [5.41, 5.74) is 0.973. The molecule has 0 aromatic heterocycles. The number of nitriles is 1. The first-order valence-corrected chi connectivity index (χ1v) is 8.52. The fourth-order valence-corrected chi connectivity index (χ4v) is 2.75. The highest BCUT2D eigenvalue weighted by Crippen LogP contribution is 2.22. The Labute approximate surface area is 151 Å². The van der Waals surface area contributed by atoms with Crippen LogP contribution in [0.2, 0.25) is 0 Å². The van der Waals surface area contributed by atoms with Crippen LogP contribution in [0.3, 0.4) is 0 Å². The van der Waals surface area contributed by atoms with Gasteiger partial charge in [0.1, 0.15) is 17.5 Å². The summed E-state index contributed by atoms with van der Waals surface area (Å²) in [6.45, 7) is 0.652. The second-order valence-corrected chi connectivity index (χ2v) is 6.08. The van der Waals surface area contributed by atoms with Crippen molar-refractivity contribution in [2.75, 3.05) is 6.54 Å². The normalized spacial score (nSPS) is 16.7. The van der Waals surface area contributed by atoms with Crippen molar-refractivity contribution in [2.45, 2.75) is 25.3 Å². The molecule has 2 N–H and O–H groups in total. The van der Waals surface area contributed by atoms with E-state index in [1.807, 2.05) is 6.07 Å². The standard InChI is InChI=1S/C20H19N3O3/c21-13-14-7-9-16(10-8-14)26-17-5-3-4-15(12-17)19(24)23-18-6-1-2-11-22-20(18)25/h3-5,7-10,12,18H,1-2,6,11H2,(H,22,25)(H,23,24). The fourth-order valence-electron chi connectivity index (χ4n) is 2.75. The minimum Gasteiger partial charge on any atom is -0.457 e. The van der Waals surface area contributed by atoms with E-state index in [-0.39, 0.29) is 11.8 Å². The molecule has 26 heavy (non-hydrogen) atoms. The van der Waals surface area contributed by atoms with Crippen LogP contribution in [0.15, 0.2) is 48.5 Å². The predicted octanol–water partition coefficient (Wildman–Crippen LogP) is 2.75. The number of rotatable bonds is 4. The second-order valence-electron chi connectivity index (χ2n) is 6.08. The lowest BCUT2D eigenvalue weighted by molar-refractivity contribution is -0.122. The molecule has 2 aromatic rings. The van der Waals surface area contributed by atoms with Crippen molar-refractivity contribution in [3.63, 3.8) is 0 Å². The number of ether oxygens (including phenoxy) is 1. The van der Waals surface area contributed by atoms with Crippen LogP contribution >= 0.6 is 0 Å². The van der Waals surface area contributed by atoms with E-state index in [9.17, 15) is 9.59 Å². The number of nitrogens with one attached hydrogen (secondary N) is 2. The molecule has 1 fully saturated rings. The van der Waals surface area contributed by atoms with Gasteiger partial charge in [0.25, 0.3) is 5.91 Å². The molecule has 1 aliphatic rings. The number of carbonyl (C=O) groups is 2. The average Bonchev–Trinajstić information content (AvgIpc) is 2.87. The van der Waals surface area contributed by atoms with Crippen molar-refractivity contribution < 1.29 is 14.3 Å². The summed E-state index contributed by atoms with van der Waals surface area (Å²) in [4.78, 5) is 24.4. The first kappa shape index (κ1) is 17.5. The van der Waals surface area contributed by atoms with E-state index in [1.54, 1.807) is 48.5 Å². The highest BCUT2D eigenvalue weighted by atomic mass is 16.5. The van der Waals surface area contributed by atoms with E-state index in [4.69, 9.17) is 10.00 Å². The molecule has 6 heteroatoms. The van der Waals surface area contributed by atoms with Crippen LogP contribution in [0.4, 0.5) is 0 Å². The molecule has 6 nitrogen and oxygen atoms in total. The maximum Gasteiger partial charge on any atom is 0.252 e. The largest absolute Gasteiger partial charge is 0.457 e. The van der Waals surface area contributed by atoms with Crippen LogP contribution in [0.25, 0.3) is 0 Å². The minimum absolute atomic E-state index is 0.138. The molecule has 1 atom stereocenters. The summed E-state index contributed by atoms with van der Waals surface area (Å²) in [6.07, 6.45) is 2.45. The topological polar surface area (TPSA) is 91.2 Å². The van der Waals surface area contributed by atoms with Gasteiger partial charge in [0.05, 0.1) is 11.6 Å². The predicted molar refractivity (Wildman–Crippen MR) is 95.8 cm³/mol. The van der Waals surface area contributed by atoms with E-state index in [0.717, 1.165) is 12.8 Å². The number of hydrogen-bond donors (Lipinski definition) is 2. The zero-order chi connectivity index (χ0) is 18.4. The molecule has 0 saturated carbocycles. The summed E-state index contributed by atoms with van der Waals surface area (Å²) in [7, 11) is 0. The van der Waals surface area contributed by atoms with Gasteiger partial charge in [-0.05, 0) is 61.7 Å². The smallest absolute Gasteiger partial charge is 0.252 e. The minimum atomic E-state index is -0.506. The summed E-state index contributed by atoms with van der Waals surface area (Å²) in [5, 5.41) is 14.4. The Morgan fingerprint density at radius 2 is 1.96 bits per heavy atom. The highest BCUT2D eigenvalue weighted by Gasteiger charge is 2.23. The Balaban J connectivity index is 1.68. The molecule has 1 unspecified atom stereocenters. The molecule has 3 rings (SSSR count). The maximum atomic E-state index is 12.5. The summed E-state index contributed by atoms with van der Waals surface area (Å²) in [6, 6.07) is 15.0. The van der Waals surface area contributed by atoms with Crippen LogP contribution in [-0.4, -0.2) is 24.4 Å². The van der Waals surface area contributed by atoms with Gasteiger partial charge in [-0.2, -0.15) is 5.26 Å². The molecule has 0 radical (unpaired) electrons. The van der Waals surface area contributed by atoms with Gasteiger partial charge in [0.2, 0.25) is 5.91 Å². The van der Waals surface area contributed by atoms with Gasteiger partial charge in [-0.15, -0.1) is 0 Å². The Bertz CT molecular complexity index is 840. The first-order chi connectivity index (χ1) is 12.7. The van der Waals surface area contributed by atoms with E-state index < -0.39 is 6.04 Å². The summed E-state index contributed by atoms with van der Waals surface area (Å²) in [5.74, 6) is 0.635. The fraction of sp³-hybridized carbons (Fsp3) is 0.250. The van der Waals surface area contributed by atoms with E-state index in [0.29, 0.717) is 35.6 Å². The monoisotopic (exact) mass is 349 g/mol. The van der Waals surface area contributed by atoms with Crippen molar-refractivity contribution >= 4 is 11.8 Å². The summed E-state index contributed by atoms with van der Waals surface area (Å²) >= 11 is 0. The van der Waals surface area contributed by atoms with Crippen LogP contribution < -0.4 is 15.4 Å². The molecule has 1 aliphatic heterocycles. The molecule has 0 spiro atoms. The highest BCUT2D eigenvalue weighted by molar-refractivity contribution is 5.97. The average molecular weight is 349 g/mol. The van der Waals surface area contributed by atoms with Crippen LogP contribution in [0, 0.1) is 11.3 Å². The molecular weight excluding hydrogens is 330 g/mol. The zero-order valence-electron chi connectivity index (χ0n) is 14.2. The second kappa shape index (κ2) is 8.17. The van der Waals surface area contributed by atoms with Crippen molar-refractivity contribution in [2.24, 2.45) is 0 Å². The SMILES string of the molecule is N#Cc1ccc(Oc2cccc(C(=O)NC3CCCCNC3=O)c2)cc1. The number of nitrogens with zero attached hydrogens (tertiary/aromatic N) is 1. The van der Waals surface area contributed by atoms with E-state index >= 15 is 0 Å². The Morgan fingerprint density at radius 3 is 2.73 bits per heavy atom. The van der Waals surface area contributed by atoms with E-state index in [1.165, 1.54) is 0 Å². The zero-order valence-corrected chi connectivity index (χ0v) is 14.2. The van der Waals surface area contributed by atoms with Gasteiger partial charge in [0, 0.05) is 12.1 Å². The molecule has 0 bridgehead atoms. The van der Waals surface area contributed by atoms with E-state index in [2.05, 4.69) is 10.6 Å². The van der Waals surface area contributed by atoms with Crippen molar-refractivity contribution in [3.8, 4) is 17.6 Å². The molecule has 2 amide bonds. The van der Waals surface area contributed by atoms with Gasteiger partial charge < -0.3 is 15.4 Å². The van der Waals surface area contributed by atoms with Gasteiger partial charge >= 0.3 is 0 Å². The summed E-state index contributed by atoms with van der Waals surface area (Å²) < 4.78 is 5.73. The third-order valence-electron chi connectivity index (χ3n) is 4.16. The quantitative estimate of drug-likeness (QED) is 0.888. The van der Waals surface area contributed by atoms with Gasteiger partial charge in [0.15, 0.2) is 0 Å². The lowest BCUT2D eigenvalue weighted by Crippen LogP contribution is -2.45. The lowest BCUT2D eigenvalue weighted by Gasteiger charge is -2.15. The number of carbonyl (C=O) groups excluding carboxylic acids is 2. The molecule has 1 heterocycles. The Kier molecular flexibility index (Phi) is 5.49. The van der Waals surface area contributed by atoms with Crippen LogP contribution in [0.5, 0.6) is 11.5 Å². The van der Waals surface area contributed by atoms with Gasteiger partial charge in [-0.3, -0.25) is 9.59 Å². The Hall–Kier alpha value is -3.33. The number of amides is 2. The number of hydrogen-bond acceptors (Lipinski definition) is 4. The molecule has 2 aromatic carbocycles. The number of benzene rings is 2. The van der Waals surface area contributed by atoms with Crippen LogP contribution in [-0.2, 0) is 4.79 Å². The van der Waals surface area contributed by atoms with Gasteiger partial charge in [-0.1, -0.05) is 6.07 Å².